The molecule has 1 aromatic heterocycles. The van der Waals surface area contributed by atoms with Gasteiger partial charge in [-0.05, 0) is 44.9 Å². The fraction of sp³-hybridized carbons (Fsp3) is 0.440. The molecule has 176 valence electrons. The number of morpholine rings is 1. The van der Waals surface area contributed by atoms with Gasteiger partial charge in [-0.25, -0.2) is 0 Å². The number of aryl methyl sites for hydroxylation is 2. The topological polar surface area (TPSA) is 86.1 Å². The fourth-order valence-electron chi connectivity index (χ4n) is 4.16. The Bertz CT molecular complexity index is 1130. The van der Waals surface area contributed by atoms with Crippen LogP contribution in [-0.4, -0.2) is 50.6 Å². The Kier molecular flexibility index (Phi) is 7.03. The molecule has 0 unspecified atom stereocenters. The van der Waals surface area contributed by atoms with Gasteiger partial charge >= 0.3 is 0 Å². The van der Waals surface area contributed by atoms with E-state index < -0.39 is 0 Å². The monoisotopic (exact) mass is 453 g/mol. The van der Waals surface area contributed by atoms with Crippen molar-refractivity contribution >= 4 is 28.3 Å². The Labute approximate surface area is 193 Å². The second kappa shape index (κ2) is 10.1. The van der Waals surface area contributed by atoms with Crippen LogP contribution in [0, 0.1) is 13.8 Å². The summed E-state index contributed by atoms with van der Waals surface area (Å²) in [4.78, 5) is 15.2. The number of nitrogens with zero attached hydrogens (tertiary/aromatic N) is 2. The van der Waals surface area contributed by atoms with Crippen LogP contribution < -0.4 is 19.7 Å². The van der Waals surface area contributed by atoms with Crippen molar-refractivity contribution in [1.82, 2.24) is 5.16 Å². The molecule has 0 aliphatic carbocycles. The van der Waals surface area contributed by atoms with E-state index in [9.17, 15) is 4.79 Å². The molecule has 4 rings (SSSR count). The zero-order valence-corrected chi connectivity index (χ0v) is 19.7. The maximum atomic E-state index is 13.0. The van der Waals surface area contributed by atoms with Crippen molar-refractivity contribution in [3.8, 4) is 11.5 Å². The summed E-state index contributed by atoms with van der Waals surface area (Å²) in [6.07, 6.45) is 0.0939. The van der Waals surface area contributed by atoms with Gasteiger partial charge in [0.1, 0.15) is 17.2 Å². The molecule has 1 N–H and O–H groups in total. The summed E-state index contributed by atoms with van der Waals surface area (Å²) in [6.45, 7) is 11.7. The normalized spacial score (nSPS) is 13.9. The number of ether oxygens (including phenoxy) is 3. The van der Waals surface area contributed by atoms with Gasteiger partial charge < -0.3 is 29.0 Å². The molecular weight excluding hydrogens is 422 g/mol. The Morgan fingerprint density at radius 1 is 1.06 bits per heavy atom. The van der Waals surface area contributed by atoms with E-state index in [0.29, 0.717) is 54.9 Å². The molecule has 1 aliphatic rings. The molecular formula is C25H31N3O5. The predicted molar refractivity (Wildman–Crippen MR) is 128 cm³/mol. The van der Waals surface area contributed by atoms with Crippen LogP contribution in [-0.2, 0) is 16.0 Å². The maximum absolute atomic E-state index is 13.0. The molecule has 1 fully saturated rings. The SMILES string of the molecule is CCOc1cc(N2CCOCC2)c(OCC)cc1NC(=O)Cc1noc2c(C)cc(C)cc12. The van der Waals surface area contributed by atoms with E-state index in [4.69, 9.17) is 18.7 Å². The summed E-state index contributed by atoms with van der Waals surface area (Å²) in [5.74, 6) is 1.11. The number of carbonyl (C=O) groups is 1. The van der Waals surface area contributed by atoms with Crippen molar-refractivity contribution in [2.45, 2.75) is 34.1 Å². The summed E-state index contributed by atoms with van der Waals surface area (Å²) >= 11 is 0. The third-order valence-electron chi connectivity index (χ3n) is 5.59. The largest absolute Gasteiger partial charge is 0.492 e. The molecule has 1 saturated heterocycles. The molecule has 0 atom stereocenters. The minimum atomic E-state index is -0.202. The number of amides is 1. The molecule has 1 aliphatic heterocycles. The average molecular weight is 454 g/mol. The Morgan fingerprint density at radius 2 is 1.79 bits per heavy atom. The number of aromatic nitrogens is 1. The van der Waals surface area contributed by atoms with Crippen molar-refractivity contribution in [2.75, 3.05) is 49.7 Å². The zero-order chi connectivity index (χ0) is 23.4. The van der Waals surface area contributed by atoms with Gasteiger partial charge in [-0.15, -0.1) is 0 Å². The summed E-state index contributed by atoms with van der Waals surface area (Å²) in [5, 5.41) is 8.00. The first-order valence-corrected chi connectivity index (χ1v) is 11.4. The van der Waals surface area contributed by atoms with Gasteiger partial charge in [0.25, 0.3) is 0 Å². The van der Waals surface area contributed by atoms with Gasteiger partial charge in [0.05, 0.1) is 44.2 Å². The highest BCUT2D eigenvalue weighted by molar-refractivity contribution is 5.97. The van der Waals surface area contributed by atoms with Crippen molar-refractivity contribution < 1.29 is 23.5 Å². The molecule has 2 heterocycles. The molecule has 8 nitrogen and oxygen atoms in total. The van der Waals surface area contributed by atoms with Crippen LogP contribution in [0.25, 0.3) is 11.0 Å². The predicted octanol–water partition coefficient (Wildman–Crippen LogP) is 4.26. The first kappa shape index (κ1) is 22.9. The lowest BCUT2D eigenvalue weighted by molar-refractivity contribution is -0.115. The molecule has 33 heavy (non-hydrogen) atoms. The van der Waals surface area contributed by atoms with Crippen LogP contribution in [0.1, 0.15) is 30.7 Å². The van der Waals surface area contributed by atoms with Crippen LogP contribution in [0.5, 0.6) is 11.5 Å². The van der Waals surface area contributed by atoms with Gasteiger partial charge in [0.15, 0.2) is 5.58 Å². The minimum Gasteiger partial charge on any atom is -0.492 e. The van der Waals surface area contributed by atoms with Crippen LogP contribution in [0.2, 0.25) is 0 Å². The number of hydrogen-bond donors (Lipinski definition) is 1. The molecule has 3 aromatic rings. The fourth-order valence-corrected chi connectivity index (χ4v) is 4.16. The maximum Gasteiger partial charge on any atom is 0.230 e. The van der Waals surface area contributed by atoms with Crippen LogP contribution in [0.15, 0.2) is 28.8 Å². The van der Waals surface area contributed by atoms with E-state index in [1.807, 2.05) is 52.0 Å². The van der Waals surface area contributed by atoms with Crippen molar-refractivity contribution in [2.24, 2.45) is 0 Å². The second-order valence-corrected chi connectivity index (χ2v) is 8.09. The van der Waals surface area contributed by atoms with Gasteiger partial charge in [0, 0.05) is 30.6 Å². The number of fused-ring (bicyclic) bond motifs is 1. The van der Waals surface area contributed by atoms with Gasteiger partial charge in [-0.3, -0.25) is 4.79 Å². The highest BCUT2D eigenvalue weighted by Crippen LogP contribution is 2.39. The summed E-state index contributed by atoms with van der Waals surface area (Å²) in [7, 11) is 0. The highest BCUT2D eigenvalue weighted by Gasteiger charge is 2.21. The summed E-state index contributed by atoms with van der Waals surface area (Å²) in [5.41, 5.74) is 4.94. The lowest BCUT2D eigenvalue weighted by Gasteiger charge is -2.31. The summed E-state index contributed by atoms with van der Waals surface area (Å²) < 4.78 is 22.8. The lowest BCUT2D eigenvalue weighted by Crippen LogP contribution is -2.36. The smallest absolute Gasteiger partial charge is 0.230 e. The second-order valence-electron chi connectivity index (χ2n) is 8.09. The number of rotatable bonds is 8. The van der Waals surface area contributed by atoms with E-state index >= 15 is 0 Å². The first-order valence-electron chi connectivity index (χ1n) is 11.4. The van der Waals surface area contributed by atoms with Crippen LogP contribution in [0.3, 0.4) is 0 Å². The Morgan fingerprint density at radius 3 is 2.52 bits per heavy atom. The highest BCUT2D eigenvalue weighted by atomic mass is 16.5. The molecule has 1 amide bonds. The molecule has 2 aromatic carbocycles. The average Bonchev–Trinajstić information content (AvgIpc) is 3.19. The molecule has 0 spiro atoms. The zero-order valence-electron chi connectivity index (χ0n) is 19.7. The van der Waals surface area contributed by atoms with E-state index in [0.717, 1.165) is 35.3 Å². The third kappa shape index (κ3) is 5.06. The first-order chi connectivity index (χ1) is 16.0. The van der Waals surface area contributed by atoms with Gasteiger partial charge in [-0.2, -0.15) is 0 Å². The van der Waals surface area contributed by atoms with Gasteiger partial charge in [-0.1, -0.05) is 11.2 Å². The molecule has 0 saturated carbocycles. The number of benzene rings is 2. The number of anilines is 2. The molecule has 0 bridgehead atoms. The Balaban J connectivity index is 1.61. The van der Waals surface area contributed by atoms with Gasteiger partial charge in [0.2, 0.25) is 5.91 Å². The van der Waals surface area contributed by atoms with E-state index in [-0.39, 0.29) is 12.3 Å². The van der Waals surface area contributed by atoms with Crippen LogP contribution >= 0.6 is 0 Å². The quantitative estimate of drug-likeness (QED) is 0.545. The van der Waals surface area contributed by atoms with E-state index in [2.05, 4.69) is 15.4 Å². The van der Waals surface area contributed by atoms with E-state index in [1.54, 1.807) is 0 Å². The van der Waals surface area contributed by atoms with E-state index in [1.165, 1.54) is 0 Å². The third-order valence-corrected chi connectivity index (χ3v) is 5.59. The standard InChI is InChI=1S/C25H31N3O5/c1-5-31-22-15-21(28-7-9-30-10-8-28)23(32-6-2)13-20(22)26-24(29)14-19-18-12-16(3)11-17(4)25(18)33-27-19/h11-13,15H,5-10,14H2,1-4H3,(H,26,29). The molecule has 8 heteroatoms. The number of carbonyl (C=O) groups excluding carboxylic acids is 1. The van der Waals surface area contributed by atoms with Crippen LogP contribution in [0.4, 0.5) is 11.4 Å². The van der Waals surface area contributed by atoms with Crippen molar-refractivity contribution in [3.63, 3.8) is 0 Å². The lowest BCUT2D eigenvalue weighted by atomic mass is 10.1. The number of hydrogen-bond acceptors (Lipinski definition) is 7. The summed E-state index contributed by atoms with van der Waals surface area (Å²) in [6, 6.07) is 7.81. The minimum absolute atomic E-state index is 0.0939. The number of nitrogens with one attached hydrogen (secondary N) is 1. The van der Waals surface area contributed by atoms with Crippen molar-refractivity contribution in [1.29, 1.82) is 0 Å². The molecule has 0 radical (unpaired) electrons. The van der Waals surface area contributed by atoms with Crippen molar-refractivity contribution in [3.05, 3.63) is 41.1 Å². The Hall–Kier alpha value is -3.26.